The molecule has 2 aromatic heterocycles. The Bertz CT molecular complexity index is 1180. The maximum Gasteiger partial charge on any atom is 0.308 e. The van der Waals surface area contributed by atoms with Gasteiger partial charge in [0.15, 0.2) is 0 Å². The molecule has 0 radical (unpaired) electrons. The lowest BCUT2D eigenvalue weighted by Gasteiger charge is -2.32. The molecule has 0 unspecified atom stereocenters. The summed E-state index contributed by atoms with van der Waals surface area (Å²) in [4.78, 5) is 37.1. The van der Waals surface area contributed by atoms with Crippen molar-refractivity contribution in [3.05, 3.63) is 11.1 Å². The first-order valence-electron chi connectivity index (χ1n) is 11.0. The van der Waals surface area contributed by atoms with Crippen molar-refractivity contribution in [1.29, 1.82) is 5.26 Å². The number of nitriles is 1. The number of aliphatic carboxylic acids is 1. The average Bonchev–Trinajstić information content (AvgIpc) is 3.40. The number of amides is 1. The van der Waals surface area contributed by atoms with E-state index in [9.17, 15) is 20.0 Å². The zero-order valence-corrected chi connectivity index (χ0v) is 17.7. The molecule has 4 heterocycles. The lowest BCUT2D eigenvalue weighted by molar-refractivity contribution is -0.142. The van der Waals surface area contributed by atoms with Crippen molar-refractivity contribution in [3.63, 3.8) is 0 Å². The molecule has 2 aliphatic heterocycles. The number of hydrogen-bond acceptors (Lipinski definition) is 8. The molecule has 10 nitrogen and oxygen atoms in total. The molecular formula is C22H25N7O3. The van der Waals surface area contributed by atoms with Crippen molar-refractivity contribution in [3.8, 4) is 6.07 Å². The lowest BCUT2D eigenvalue weighted by Crippen LogP contribution is -2.39. The Balaban J connectivity index is 1.71. The van der Waals surface area contributed by atoms with E-state index in [-0.39, 0.29) is 42.1 Å². The second-order valence-electron chi connectivity index (χ2n) is 8.86. The van der Waals surface area contributed by atoms with E-state index >= 15 is 0 Å². The number of carboxylic acids is 1. The molecule has 1 amide bonds. The number of carboxylic acid groups (broad SMARTS) is 1. The monoisotopic (exact) mass is 435 g/mol. The zero-order chi connectivity index (χ0) is 22.6. The number of anilines is 4. The third-order valence-corrected chi connectivity index (χ3v) is 6.96. The summed E-state index contributed by atoms with van der Waals surface area (Å²) >= 11 is 0. The number of nitrogens with two attached hydrogens (primary N) is 2. The fourth-order valence-corrected chi connectivity index (χ4v) is 5.47. The molecule has 0 spiro atoms. The SMILES string of the molecule is N#Cc1c(N2CCC[C@H](C(=O)O)C2)nc(N)c2c(N)nc3c(c12)CC(=O)N3C1CCCC1. The molecule has 3 aliphatic rings. The number of rotatable bonds is 3. The number of hydrogen-bond donors (Lipinski definition) is 3. The molecule has 2 aromatic rings. The molecule has 2 fully saturated rings. The van der Waals surface area contributed by atoms with Crippen LogP contribution in [0.15, 0.2) is 0 Å². The van der Waals surface area contributed by atoms with E-state index in [0.717, 1.165) is 25.7 Å². The fraction of sp³-hybridized carbons (Fsp3) is 0.500. The number of pyridine rings is 2. The smallest absolute Gasteiger partial charge is 0.308 e. The number of carbonyl (C=O) groups is 2. The van der Waals surface area contributed by atoms with Gasteiger partial charge in [-0.1, -0.05) is 12.8 Å². The minimum atomic E-state index is -0.867. The first-order chi connectivity index (χ1) is 15.4. The molecule has 166 valence electrons. The Morgan fingerprint density at radius 1 is 1.06 bits per heavy atom. The zero-order valence-electron chi connectivity index (χ0n) is 17.7. The van der Waals surface area contributed by atoms with Crippen LogP contribution in [0.1, 0.15) is 49.7 Å². The van der Waals surface area contributed by atoms with Gasteiger partial charge >= 0.3 is 5.97 Å². The Morgan fingerprint density at radius 3 is 2.41 bits per heavy atom. The molecule has 0 aromatic carbocycles. The highest BCUT2D eigenvalue weighted by atomic mass is 16.4. The van der Waals surface area contributed by atoms with Gasteiger partial charge in [-0.2, -0.15) is 5.26 Å². The van der Waals surface area contributed by atoms with Gasteiger partial charge in [-0.25, -0.2) is 9.97 Å². The van der Waals surface area contributed by atoms with Crippen molar-refractivity contribution < 1.29 is 14.7 Å². The minimum Gasteiger partial charge on any atom is -0.481 e. The Kier molecular flexibility index (Phi) is 4.77. The van der Waals surface area contributed by atoms with Crippen LogP contribution >= 0.6 is 0 Å². The van der Waals surface area contributed by atoms with Crippen LogP contribution in [0.4, 0.5) is 23.3 Å². The van der Waals surface area contributed by atoms with Crippen LogP contribution in [0.2, 0.25) is 0 Å². The van der Waals surface area contributed by atoms with E-state index in [0.29, 0.717) is 47.4 Å². The van der Waals surface area contributed by atoms with Crippen molar-refractivity contribution in [2.24, 2.45) is 5.92 Å². The largest absolute Gasteiger partial charge is 0.481 e. The molecular weight excluding hydrogens is 410 g/mol. The van der Waals surface area contributed by atoms with Gasteiger partial charge in [-0.15, -0.1) is 0 Å². The number of carbonyl (C=O) groups excluding carboxylic acids is 1. The Labute approximate surface area is 184 Å². The van der Waals surface area contributed by atoms with Gasteiger partial charge in [0, 0.05) is 30.1 Å². The molecule has 1 saturated carbocycles. The Hall–Kier alpha value is -3.61. The molecule has 1 atom stereocenters. The van der Waals surface area contributed by atoms with Crippen LogP contribution in [0, 0.1) is 17.2 Å². The van der Waals surface area contributed by atoms with Crippen molar-refractivity contribution in [1.82, 2.24) is 9.97 Å². The van der Waals surface area contributed by atoms with E-state index in [2.05, 4.69) is 16.0 Å². The molecule has 1 saturated heterocycles. The molecule has 10 heteroatoms. The minimum absolute atomic E-state index is 0.0453. The molecule has 32 heavy (non-hydrogen) atoms. The predicted octanol–water partition coefficient (Wildman–Crippen LogP) is 1.80. The molecule has 1 aliphatic carbocycles. The standard InChI is InChI=1S/C22H25N7O3/c23-9-14-16-13-8-15(30)29(12-5-1-2-6-12)21(13)27-19(25)17(16)18(24)26-20(14)28-7-3-4-11(10-28)22(31)32/h11-12H,1-8,10H2,(H2,24,26)(H2,25,27)(H,31,32)/t11-/m0/s1. The summed E-state index contributed by atoms with van der Waals surface area (Å²) in [5.74, 6) is -0.311. The van der Waals surface area contributed by atoms with Gasteiger partial charge in [0.1, 0.15) is 34.9 Å². The summed E-state index contributed by atoms with van der Waals surface area (Å²) < 4.78 is 0. The summed E-state index contributed by atoms with van der Waals surface area (Å²) in [5.41, 5.74) is 13.5. The summed E-state index contributed by atoms with van der Waals surface area (Å²) in [7, 11) is 0. The predicted molar refractivity (Wildman–Crippen MR) is 119 cm³/mol. The summed E-state index contributed by atoms with van der Waals surface area (Å²) in [6.45, 7) is 0.824. The number of nitrogen functional groups attached to an aromatic ring is 2. The van der Waals surface area contributed by atoms with Crippen LogP contribution in [0.5, 0.6) is 0 Å². The normalized spacial score (nSPS) is 21.2. The maximum absolute atomic E-state index is 13.0. The fourth-order valence-electron chi connectivity index (χ4n) is 5.47. The molecule has 5 rings (SSSR count). The summed E-state index contributed by atoms with van der Waals surface area (Å²) in [6.07, 6.45) is 5.35. The average molecular weight is 435 g/mol. The van der Waals surface area contributed by atoms with Gasteiger partial charge in [0.05, 0.1) is 17.7 Å². The van der Waals surface area contributed by atoms with Crippen LogP contribution < -0.4 is 21.3 Å². The van der Waals surface area contributed by atoms with E-state index in [1.54, 1.807) is 4.90 Å². The van der Waals surface area contributed by atoms with Gasteiger partial charge in [0.2, 0.25) is 5.91 Å². The van der Waals surface area contributed by atoms with E-state index in [1.165, 1.54) is 0 Å². The van der Waals surface area contributed by atoms with Crippen LogP contribution in [-0.4, -0.2) is 46.1 Å². The van der Waals surface area contributed by atoms with Crippen LogP contribution in [-0.2, 0) is 16.0 Å². The molecule has 5 N–H and O–H groups in total. The third kappa shape index (κ3) is 2.99. The van der Waals surface area contributed by atoms with E-state index in [1.807, 2.05) is 4.90 Å². The van der Waals surface area contributed by atoms with Crippen molar-refractivity contribution in [2.45, 2.75) is 51.0 Å². The topological polar surface area (TPSA) is 162 Å². The van der Waals surface area contributed by atoms with E-state index < -0.39 is 11.9 Å². The quantitative estimate of drug-likeness (QED) is 0.652. The second-order valence-corrected chi connectivity index (χ2v) is 8.86. The highest BCUT2D eigenvalue weighted by Gasteiger charge is 2.39. The maximum atomic E-state index is 13.0. The summed E-state index contributed by atoms with van der Waals surface area (Å²) in [5, 5.41) is 20.5. The van der Waals surface area contributed by atoms with Gasteiger partial charge in [-0.3, -0.25) is 14.5 Å². The van der Waals surface area contributed by atoms with Crippen molar-refractivity contribution >= 4 is 45.9 Å². The second kappa shape index (κ2) is 7.51. The number of nitrogens with zero attached hydrogens (tertiary/aromatic N) is 5. The first kappa shape index (κ1) is 20.3. The Morgan fingerprint density at radius 2 is 1.75 bits per heavy atom. The summed E-state index contributed by atoms with van der Waals surface area (Å²) in [6, 6.07) is 2.34. The van der Waals surface area contributed by atoms with Gasteiger partial charge in [-0.05, 0) is 25.7 Å². The highest BCUT2D eigenvalue weighted by molar-refractivity contribution is 6.13. The van der Waals surface area contributed by atoms with Crippen molar-refractivity contribution in [2.75, 3.05) is 34.4 Å². The van der Waals surface area contributed by atoms with Crippen LogP contribution in [0.25, 0.3) is 10.8 Å². The third-order valence-electron chi connectivity index (χ3n) is 6.96. The van der Waals surface area contributed by atoms with Gasteiger partial charge < -0.3 is 21.5 Å². The number of piperidine rings is 1. The molecule has 0 bridgehead atoms. The number of fused-ring (bicyclic) bond motifs is 3. The highest BCUT2D eigenvalue weighted by Crippen LogP contribution is 2.44. The first-order valence-corrected chi connectivity index (χ1v) is 11.0. The number of aromatic nitrogens is 2. The van der Waals surface area contributed by atoms with Crippen LogP contribution in [0.3, 0.4) is 0 Å². The lowest BCUT2D eigenvalue weighted by atomic mass is 9.96. The van der Waals surface area contributed by atoms with Gasteiger partial charge in [0.25, 0.3) is 0 Å². The van der Waals surface area contributed by atoms with E-state index in [4.69, 9.17) is 11.5 Å².